The molecule has 1 aromatic heterocycles. The van der Waals surface area contributed by atoms with E-state index >= 15 is 0 Å². The number of hydrogen-bond acceptors (Lipinski definition) is 5. The minimum atomic E-state index is 0.379. The molecule has 0 unspecified atom stereocenters. The number of aromatic nitrogens is 1. The fourth-order valence-corrected chi connectivity index (χ4v) is 3.01. The van der Waals surface area contributed by atoms with Gasteiger partial charge in [-0.15, -0.1) is 11.3 Å². The molecule has 0 aliphatic heterocycles. The van der Waals surface area contributed by atoms with Gasteiger partial charge in [0.25, 0.3) is 0 Å². The molecular formula is C14H16N2O2S2. The Balaban J connectivity index is 2.42. The van der Waals surface area contributed by atoms with Crippen molar-refractivity contribution < 1.29 is 9.47 Å². The van der Waals surface area contributed by atoms with E-state index < -0.39 is 0 Å². The van der Waals surface area contributed by atoms with E-state index in [4.69, 9.17) is 27.4 Å². The quantitative estimate of drug-likeness (QED) is 0.860. The minimum absolute atomic E-state index is 0.379. The van der Waals surface area contributed by atoms with E-state index in [0.29, 0.717) is 17.3 Å². The van der Waals surface area contributed by atoms with E-state index in [0.717, 1.165) is 26.9 Å². The summed E-state index contributed by atoms with van der Waals surface area (Å²) in [6, 6.07) is 5.75. The van der Waals surface area contributed by atoms with Crippen LogP contribution >= 0.6 is 23.6 Å². The fourth-order valence-electron chi connectivity index (χ4n) is 1.82. The lowest BCUT2D eigenvalue weighted by molar-refractivity contribution is 0.311. The molecule has 0 atom stereocenters. The standard InChI is InChI=1S/C14H16N2O2S2/c1-4-18-10-6-5-9(7-11(10)17-3)14-16-8(2)12(20-14)13(15)19/h5-7H,4H2,1-3H3,(H2,15,19). The molecule has 0 aliphatic carbocycles. The molecule has 0 radical (unpaired) electrons. The number of nitrogens with two attached hydrogens (primary N) is 1. The number of rotatable bonds is 5. The third kappa shape index (κ3) is 2.91. The summed E-state index contributed by atoms with van der Waals surface area (Å²) in [6.07, 6.45) is 0. The van der Waals surface area contributed by atoms with Crippen LogP contribution in [0.5, 0.6) is 11.5 Å². The minimum Gasteiger partial charge on any atom is -0.493 e. The van der Waals surface area contributed by atoms with Crippen molar-refractivity contribution in [3.63, 3.8) is 0 Å². The van der Waals surface area contributed by atoms with Gasteiger partial charge in [0.1, 0.15) is 10.00 Å². The lowest BCUT2D eigenvalue weighted by Gasteiger charge is -2.09. The second-order valence-corrected chi connectivity index (χ2v) is 5.54. The molecule has 106 valence electrons. The van der Waals surface area contributed by atoms with E-state index in [1.807, 2.05) is 32.0 Å². The van der Waals surface area contributed by atoms with Crippen LogP contribution in [0.1, 0.15) is 17.5 Å². The van der Waals surface area contributed by atoms with E-state index in [2.05, 4.69) is 4.98 Å². The van der Waals surface area contributed by atoms with Crippen molar-refractivity contribution in [2.24, 2.45) is 5.73 Å². The molecule has 1 heterocycles. The molecule has 0 saturated heterocycles. The number of aryl methyl sites for hydroxylation is 1. The molecule has 0 spiro atoms. The first kappa shape index (κ1) is 14.7. The number of benzene rings is 1. The summed E-state index contributed by atoms with van der Waals surface area (Å²) in [4.78, 5) is 5.74. The Morgan fingerprint density at radius 1 is 1.40 bits per heavy atom. The van der Waals surface area contributed by atoms with Crippen LogP contribution in [0.15, 0.2) is 18.2 Å². The maximum atomic E-state index is 5.68. The van der Waals surface area contributed by atoms with Crippen molar-refractivity contribution in [3.05, 3.63) is 28.8 Å². The summed E-state index contributed by atoms with van der Waals surface area (Å²) in [6.45, 7) is 4.43. The molecule has 2 aromatic rings. The first-order valence-corrected chi connectivity index (χ1v) is 7.37. The number of ether oxygens (including phenoxy) is 2. The Hall–Kier alpha value is -1.66. The molecule has 6 heteroatoms. The Bertz CT molecular complexity index is 638. The van der Waals surface area contributed by atoms with Crippen LogP contribution in [-0.2, 0) is 0 Å². The zero-order chi connectivity index (χ0) is 14.7. The third-order valence-corrected chi connectivity index (χ3v) is 4.30. The third-order valence-electron chi connectivity index (χ3n) is 2.73. The van der Waals surface area contributed by atoms with Gasteiger partial charge in [-0.25, -0.2) is 4.98 Å². The molecule has 0 fully saturated rings. The average molecular weight is 308 g/mol. The van der Waals surface area contributed by atoms with Gasteiger partial charge in [0.15, 0.2) is 11.5 Å². The van der Waals surface area contributed by atoms with Crippen LogP contribution in [0.2, 0.25) is 0 Å². The van der Waals surface area contributed by atoms with Crippen LogP contribution in [0.4, 0.5) is 0 Å². The summed E-state index contributed by atoms with van der Waals surface area (Å²) in [5.74, 6) is 1.41. The molecule has 20 heavy (non-hydrogen) atoms. The van der Waals surface area contributed by atoms with E-state index in [-0.39, 0.29) is 0 Å². The van der Waals surface area contributed by atoms with Gasteiger partial charge in [0.05, 0.1) is 24.3 Å². The molecule has 2 rings (SSSR count). The molecule has 0 aliphatic rings. The number of hydrogen-bond donors (Lipinski definition) is 1. The molecule has 4 nitrogen and oxygen atoms in total. The van der Waals surface area contributed by atoms with Crippen LogP contribution in [0, 0.1) is 6.92 Å². The largest absolute Gasteiger partial charge is 0.493 e. The van der Waals surface area contributed by atoms with Gasteiger partial charge in [-0.05, 0) is 32.0 Å². The van der Waals surface area contributed by atoms with Crippen molar-refractivity contribution in [2.45, 2.75) is 13.8 Å². The predicted molar refractivity (Wildman–Crippen MR) is 85.9 cm³/mol. The highest BCUT2D eigenvalue weighted by Gasteiger charge is 2.13. The number of nitrogens with zero attached hydrogens (tertiary/aromatic N) is 1. The number of thiazole rings is 1. The Morgan fingerprint density at radius 3 is 2.70 bits per heavy atom. The highest BCUT2D eigenvalue weighted by atomic mass is 32.1. The van der Waals surface area contributed by atoms with Crippen molar-refractivity contribution in [3.8, 4) is 22.1 Å². The summed E-state index contributed by atoms with van der Waals surface area (Å²) in [7, 11) is 1.62. The summed E-state index contributed by atoms with van der Waals surface area (Å²) >= 11 is 6.51. The Labute approximate surface area is 127 Å². The monoisotopic (exact) mass is 308 g/mol. The van der Waals surface area contributed by atoms with Crippen LogP contribution in [0.25, 0.3) is 10.6 Å². The van der Waals surface area contributed by atoms with Gasteiger partial charge in [-0.1, -0.05) is 12.2 Å². The molecule has 0 saturated carbocycles. The average Bonchev–Trinajstić information content (AvgIpc) is 2.82. The highest BCUT2D eigenvalue weighted by Crippen LogP contribution is 2.35. The lowest BCUT2D eigenvalue weighted by atomic mass is 10.2. The maximum absolute atomic E-state index is 5.68. The van der Waals surface area contributed by atoms with Crippen LogP contribution in [-0.4, -0.2) is 23.7 Å². The van der Waals surface area contributed by atoms with Crippen molar-refractivity contribution >= 4 is 28.5 Å². The van der Waals surface area contributed by atoms with Crippen LogP contribution < -0.4 is 15.2 Å². The Kier molecular flexibility index (Phi) is 4.57. The SMILES string of the molecule is CCOc1ccc(-c2nc(C)c(C(N)=S)s2)cc1OC. The second-order valence-electron chi connectivity index (χ2n) is 4.10. The molecule has 0 amide bonds. The second kappa shape index (κ2) is 6.19. The smallest absolute Gasteiger partial charge is 0.161 e. The topological polar surface area (TPSA) is 57.4 Å². The number of thiocarbonyl (C=S) groups is 1. The zero-order valence-corrected chi connectivity index (χ0v) is 13.2. The van der Waals surface area contributed by atoms with E-state index in [9.17, 15) is 0 Å². The van der Waals surface area contributed by atoms with Gasteiger partial charge in [-0.2, -0.15) is 0 Å². The molecule has 1 aromatic carbocycles. The van der Waals surface area contributed by atoms with Crippen molar-refractivity contribution in [2.75, 3.05) is 13.7 Å². The van der Waals surface area contributed by atoms with E-state index in [1.54, 1.807) is 7.11 Å². The summed E-state index contributed by atoms with van der Waals surface area (Å²) in [5.41, 5.74) is 7.49. The highest BCUT2D eigenvalue weighted by molar-refractivity contribution is 7.81. The van der Waals surface area contributed by atoms with Crippen molar-refractivity contribution in [1.29, 1.82) is 0 Å². The first-order chi connectivity index (χ1) is 9.56. The van der Waals surface area contributed by atoms with Crippen molar-refractivity contribution in [1.82, 2.24) is 4.98 Å². The predicted octanol–water partition coefficient (Wildman–Crippen LogP) is 3.16. The van der Waals surface area contributed by atoms with Crippen LogP contribution in [0.3, 0.4) is 0 Å². The van der Waals surface area contributed by atoms with Gasteiger partial charge in [0, 0.05) is 5.56 Å². The van der Waals surface area contributed by atoms with Gasteiger partial charge in [-0.3, -0.25) is 0 Å². The van der Waals surface area contributed by atoms with Gasteiger partial charge in [0.2, 0.25) is 0 Å². The fraction of sp³-hybridized carbons (Fsp3) is 0.286. The zero-order valence-electron chi connectivity index (χ0n) is 11.6. The summed E-state index contributed by atoms with van der Waals surface area (Å²) < 4.78 is 10.8. The lowest BCUT2D eigenvalue weighted by Crippen LogP contribution is -2.08. The van der Waals surface area contributed by atoms with Gasteiger partial charge < -0.3 is 15.2 Å². The molecule has 0 bridgehead atoms. The molecule has 2 N–H and O–H groups in total. The van der Waals surface area contributed by atoms with Gasteiger partial charge >= 0.3 is 0 Å². The first-order valence-electron chi connectivity index (χ1n) is 6.15. The summed E-state index contributed by atoms with van der Waals surface area (Å²) in [5, 5.41) is 0.867. The Morgan fingerprint density at radius 2 is 2.15 bits per heavy atom. The number of methoxy groups -OCH3 is 1. The maximum Gasteiger partial charge on any atom is 0.161 e. The normalized spacial score (nSPS) is 10.3. The molecular weight excluding hydrogens is 292 g/mol. The van der Waals surface area contributed by atoms with E-state index in [1.165, 1.54) is 11.3 Å².